The van der Waals surface area contributed by atoms with Gasteiger partial charge in [0.05, 0.1) is 11.5 Å². The molecule has 1 aliphatic rings. The summed E-state index contributed by atoms with van der Waals surface area (Å²) in [5.41, 5.74) is 0.421. The van der Waals surface area contributed by atoms with Crippen LogP contribution in [0.3, 0.4) is 0 Å². The summed E-state index contributed by atoms with van der Waals surface area (Å²) >= 11 is 0. The van der Waals surface area contributed by atoms with Crippen molar-refractivity contribution in [2.24, 2.45) is 7.05 Å². The third kappa shape index (κ3) is 3.19. The van der Waals surface area contributed by atoms with Gasteiger partial charge in [0.2, 0.25) is 11.7 Å². The molecule has 0 aromatic carbocycles. The average molecular weight is 310 g/mol. The molecule has 1 amide bonds. The van der Waals surface area contributed by atoms with Crippen LogP contribution >= 0.6 is 0 Å². The first-order chi connectivity index (χ1) is 10.5. The highest BCUT2D eigenvalue weighted by molar-refractivity contribution is 5.82. The molecule has 0 atom stereocenters. The third-order valence-corrected chi connectivity index (χ3v) is 3.78. The van der Waals surface area contributed by atoms with Crippen molar-refractivity contribution in [2.45, 2.75) is 13.3 Å². The summed E-state index contributed by atoms with van der Waals surface area (Å²) in [6.07, 6.45) is 0.476. The number of rotatable bonds is 5. The Hall–Kier alpha value is -2.16. The fourth-order valence-corrected chi connectivity index (χ4v) is 2.70. The van der Waals surface area contributed by atoms with Gasteiger partial charge < -0.3 is 15.1 Å². The Morgan fingerprint density at radius 1 is 1.45 bits per heavy atom. The summed E-state index contributed by atoms with van der Waals surface area (Å²) in [5.74, 6) is 0.336. The quantitative estimate of drug-likeness (QED) is 0.595. The van der Waals surface area contributed by atoms with E-state index in [2.05, 4.69) is 10.4 Å². The molecule has 0 saturated carbocycles. The van der Waals surface area contributed by atoms with E-state index in [1.54, 1.807) is 23.9 Å². The number of hydrogen-bond donors (Lipinski definition) is 1. The number of aromatic nitrogens is 2. The zero-order chi connectivity index (χ0) is 16.3. The van der Waals surface area contributed by atoms with Crippen LogP contribution in [0.5, 0.6) is 0 Å². The monoisotopic (exact) mass is 310 g/mol. The largest absolute Gasteiger partial charge is 0.345 e. The standard InChI is InChI=1S/C13H22N6O3/c1-4-10-12(19(21)22)13(17(3)15-10)16(2)9-11(20)18-7-5-14-6-8-18/h14H,4-9H2,1-3H3. The molecule has 0 spiro atoms. The SMILES string of the molecule is CCc1nn(C)c(N(C)CC(=O)N2CCNCC2)c1[N+](=O)[O-]. The summed E-state index contributed by atoms with van der Waals surface area (Å²) in [5, 5.41) is 18.7. The lowest BCUT2D eigenvalue weighted by molar-refractivity contribution is -0.384. The molecule has 122 valence electrons. The second kappa shape index (κ2) is 6.73. The van der Waals surface area contributed by atoms with Crippen molar-refractivity contribution < 1.29 is 9.72 Å². The first-order valence-electron chi connectivity index (χ1n) is 7.35. The number of amides is 1. The van der Waals surface area contributed by atoms with E-state index in [4.69, 9.17) is 0 Å². The molecule has 0 radical (unpaired) electrons. The number of anilines is 1. The smallest absolute Gasteiger partial charge is 0.334 e. The second-order valence-electron chi connectivity index (χ2n) is 5.34. The molecule has 0 bridgehead atoms. The average Bonchev–Trinajstić information content (AvgIpc) is 2.85. The third-order valence-electron chi connectivity index (χ3n) is 3.78. The van der Waals surface area contributed by atoms with E-state index in [9.17, 15) is 14.9 Å². The normalized spacial score (nSPS) is 15.0. The second-order valence-corrected chi connectivity index (χ2v) is 5.34. The zero-order valence-corrected chi connectivity index (χ0v) is 13.2. The summed E-state index contributed by atoms with van der Waals surface area (Å²) in [6, 6.07) is 0. The van der Waals surface area contributed by atoms with Gasteiger partial charge in [-0.05, 0) is 6.42 Å². The summed E-state index contributed by atoms with van der Waals surface area (Å²) in [7, 11) is 3.34. The summed E-state index contributed by atoms with van der Waals surface area (Å²) in [4.78, 5) is 26.6. The van der Waals surface area contributed by atoms with E-state index in [1.807, 2.05) is 6.92 Å². The van der Waals surface area contributed by atoms with Gasteiger partial charge in [0.15, 0.2) is 0 Å². The van der Waals surface area contributed by atoms with Crippen LogP contribution in [0.15, 0.2) is 0 Å². The van der Waals surface area contributed by atoms with Crippen LogP contribution in [0.1, 0.15) is 12.6 Å². The predicted molar refractivity (Wildman–Crippen MR) is 82.0 cm³/mol. The van der Waals surface area contributed by atoms with Gasteiger partial charge in [-0.15, -0.1) is 0 Å². The summed E-state index contributed by atoms with van der Waals surface area (Å²) < 4.78 is 1.47. The Bertz CT molecular complexity index is 564. The van der Waals surface area contributed by atoms with Crippen molar-refractivity contribution in [2.75, 3.05) is 44.7 Å². The highest BCUT2D eigenvalue weighted by Crippen LogP contribution is 2.30. The predicted octanol–water partition coefficient (Wildman–Crippen LogP) is -0.241. The van der Waals surface area contributed by atoms with Crippen molar-refractivity contribution in [3.05, 3.63) is 15.8 Å². The first kappa shape index (κ1) is 16.2. The number of piperazine rings is 1. The summed E-state index contributed by atoms with van der Waals surface area (Å²) in [6.45, 7) is 4.82. The molecule has 1 saturated heterocycles. The lowest BCUT2D eigenvalue weighted by atomic mass is 10.3. The molecule has 9 nitrogen and oxygen atoms in total. The van der Waals surface area contributed by atoms with Crippen molar-refractivity contribution in [1.29, 1.82) is 0 Å². The minimum absolute atomic E-state index is 0.0133. The van der Waals surface area contributed by atoms with Gasteiger partial charge in [-0.2, -0.15) is 5.10 Å². The maximum atomic E-state index is 12.3. The van der Waals surface area contributed by atoms with Crippen LogP contribution in [0.25, 0.3) is 0 Å². The number of carbonyl (C=O) groups excluding carboxylic acids is 1. The van der Waals surface area contributed by atoms with E-state index < -0.39 is 4.92 Å². The molecule has 0 unspecified atom stereocenters. The Kier molecular flexibility index (Phi) is 4.96. The van der Waals surface area contributed by atoms with Gasteiger partial charge in [0, 0.05) is 40.3 Å². The van der Waals surface area contributed by atoms with Crippen LogP contribution in [0, 0.1) is 10.1 Å². The number of nitrogens with zero attached hydrogens (tertiary/aromatic N) is 5. The minimum Gasteiger partial charge on any atom is -0.345 e. The molecule has 0 aliphatic carbocycles. The van der Waals surface area contributed by atoms with E-state index in [-0.39, 0.29) is 18.1 Å². The van der Waals surface area contributed by atoms with E-state index in [0.717, 1.165) is 13.1 Å². The highest BCUT2D eigenvalue weighted by Gasteiger charge is 2.29. The minimum atomic E-state index is -0.424. The van der Waals surface area contributed by atoms with Crippen LogP contribution in [-0.2, 0) is 18.3 Å². The van der Waals surface area contributed by atoms with Gasteiger partial charge in [0.25, 0.3) is 0 Å². The molecule has 2 rings (SSSR count). The number of nitrogens with one attached hydrogen (secondary N) is 1. The van der Waals surface area contributed by atoms with E-state index in [0.29, 0.717) is 31.0 Å². The molecule has 2 heterocycles. The topological polar surface area (TPSA) is 96.5 Å². The van der Waals surface area contributed by atoms with Crippen molar-refractivity contribution in [1.82, 2.24) is 20.0 Å². The number of aryl methyl sites for hydroxylation is 2. The number of nitro groups is 1. The van der Waals surface area contributed by atoms with Crippen molar-refractivity contribution in [3.8, 4) is 0 Å². The molecule has 22 heavy (non-hydrogen) atoms. The first-order valence-corrected chi connectivity index (χ1v) is 7.35. The Morgan fingerprint density at radius 3 is 2.64 bits per heavy atom. The van der Waals surface area contributed by atoms with Crippen LogP contribution in [-0.4, -0.2) is 65.3 Å². The Labute approximate surface area is 129 Å². The van der Waals surface area contributed by atoms with Gasteiger partial charge in [-0.25, -0.2) is 4.68 Å². The van der Waals surface area contributed by atoms with Crippen molar-refractivity contribution >= 4 is 17.4 Å². The molecular weight excluding hydrogens is 288 g/mol. The molecule has 1 aromatic rings. The molecule has 1 N–H and O–H groups in total. The fraction of sp³-hybridized carbons (Fsp3) is 0.692. The molecule has 9 heteroatoms. The van der Waals surface area contributed by atoms with Crippen molar-refractivity contribution in [3.63, 3.8) is 0 Å². The highest BCUT2D eigenvalue weighted by atomic mass is 16.6. The van der Waals surface area contributed by atoms with Gasteiger partial charge in [-0.1, -0.05) is 6.92 Å². The van der Waals surface area contributed by atoms with Crippen LogP contribution < -0.4 is 10.2 Å². The van der Waals surface area contributed by atoms with E-state index in [1.165, 1.54) is 4.68 Å². The maximum absolute atomic E-state index is 12.3. The zero-order valence-electron chi connectivity index (χ0n) is 13.2. The fourth-order valence-electron chi connectivity index (χ4n) is 2.70. The van der Waals surface area contributed by atoms with Gasteiger partial charge in [0.1, 0.15) is 5.69 Å². The number of hydrogen-bond acceptors (Lipinski definition) is 6. The molecule has 1 aromatic heterocycles. The van der Waals surface area contributed by atoms with Crippen LogP contribution in [0.2, 0.25) is 0 Å². The number of likely N-dealkylation sites (N-methyl/N-ethyl adjacent to an activating group) is 1. The molecular formula is C13H22N6O3. The van der Waals surface area contributed by atoms with Gasteiger partial charge in [-0.3, -0.25) is 14.9 Å². The lowest BCUT2D eigenvalue weighted by Gasteiger charge is -2.29. The van der Waals surface area contributed by atoms with E-state index >= 15 is 0 Å². The Balaban J connectivity index is 2.18. The lowest BCUT2D eigenvalue weighted by Crippen LogP contribution is -2.49. The molecule has 1 fully saturated rings. The number of carbonyl (C=O) groups is 1. The Morgan fingerprint density at radius 2 is 2.09 bits per heavy atom. The van der Waals surface area contributed by atoms with Gasteiger partial charge >= 0.3 is 5.69 Å². The maximum Gasteiger partial charge on any atom is 0.334 e. The molecule has 1 aliphatic heterocycles. The van der Waals surface area contributed by atoms with Crippen LogP contribution in [0.4, 0.5) is 11.5 Å².